The number of benzene rings is 1. The van der Waals surface area contributed by atoms with Crippen LogP contribution in [0.3, 0.4) is 0 Å². The summed E-state index contributed by atoms with van der Waals surface area (Å²) in [5.41, 5.74) is -1.24. The number of ether oxygens (including phenoxy) is 1. The third kappa shape index (κ3) is 1.98. The van der Waals surface area contributed by atoms with Crippen LogP contribution in [0, 0.1) is 29.2 Å². The Kier molecular flexibility index (Phi) is 3.49. The van der Waals surface area contributed by atoms with Gasteiger partial charge in [-0.3, -0.25) is 4.79 Å². The fourth-order valence-electron chi connectivity index (χ4n) is 2.20. The van der Waals surface area contributed by atoms with E-state index in [1.807, 2.05) is 0 Å². The van der Waals surface area contributed by atoms with Crippen LogP contribution < -0.4 is 0 Å². The van der Waals surface area contributed by atoms with Crippen LogP contribution in [0.15, 0.2) is 0 Å². The molecule has 19 heavy (non-hydrogen) atoms. The molecule has 0 fully saturated rings. The molecule has 0 saturated heterocycles. The molecule has 2 atom stereocenters. The third-order valence-electron chi connectivity index (χ3n) is 3.09. The number of rotatable bonds is 2. The molecule has 1 aliphatic carbocycles. The minimum atomic E-state index is -2.00. The van der Waals surface area contributed by atoms with E-state index in [1.54, 1.807) is 0 Å². The molecule has 104 valence electrons. The van der Waals surface area contributed by atoms with Crippen LogP contribution >= 0.6 is 0 Å². The van der Waals surface area contributed by atoms with Crippen molar-refractivity contribution in [3.8, 4) is 0 Å². The molecule has 1 N–H and O–H groups in total. The highest BCUT2D eigenvalue weighted by molar-refractivity contribution is 5.75. The van der Waals surface area contributed by atoms with Gasteiger partial charge in [0.15, 0.2) is 23.3 Å². The second kappa shape index (κ2) is 4.80. The van der Waals surface area contributed by atoms with Crippen molar-refractivity contribution in [2.24, 2.45) is 5.92 Å². The summed E-state index contributed by atoms with van der Waals surface area (Å²) in [6.45, 7) is 1.54. The van der Waals surface area contributed by atoms with Gasteiger partial charge in [-0.2, -0.15) is 0 Å². The van der Waals surface area contributed by atoms with Crippen LogP contribution in [0.5, 0.6) is 0 Å². The fraction of sp³-hybridized carbons (Fsp3) is 0.417. The normalized spacial score (nSPS) is 21.4. The van der Waals surface area contributed by atoms with Gasteiger partial charge < -0.3 is 9.84 Å². The molecule has 0 bridgehead atoms. The number of esters is 1. The lowest BCUT2D eigenvalue weighted by molar-refractivity contribution is -0.151. The minimum absolute atomic E-state index is 0.0199. The monoisotopic (exact) mass is 278 g/mol. The number of hydrogen-bond donors (Lipinski definition) is 1. The first-order valence-corrected chi connectivity index (χ1v) is 5.59. The van der Waals surface area contributed by atoms with E-state index in [-0.39, 0.29) is 6.61 Å². The summed E-state index contributed by atoms with van der Waals surface area (Å²) in [4.78, 5) is 11.5. The summed E-state index contributed by atoms with van der Waals surface area (Å²) >= 11 is 0. The smallest absolute Gasteiger partial charge is 0.312 e. The molecule has 0 amide bonds. The summed E-state index contributed by atoms with van der Waals surface area (Å²) in [5, 5.41) is 9.76. The topological polar surface area (TPSA) is 46.5 Å². The summed E-state index contributed by atoms with van der Waals surface area (Å²) in [6.07, 6.45) is -2.19. The molecule has 0 heterocycles. The average molecular weight is 278 g/mol. The summed E-state index contributed by atoms with van der Waals surface area (Å²) in [5.74, 6) is -9.34. The first-order valence-electron chi connectivity index (χ1n) is 5.59. The van der Waals surface area contributed by atoms with Gasteiger partial charge in [0.25, 0.3) is 0 Å². The van der Waals surface area contributed by atoms with Crippen molar-refractivity contribution < 1.29 is 32.2 Å². The van der Waals surface area contributed by atoms with Crippen LogP contribution in [0.4, 0.5) is 17.6 Å². The maximum absolute atomic E-state index is 13.5. The van der Waals surface area contributed by atoms with Crippen molar-refractivity contribution in [3.05, 3.63) is 34.4 Å². The molecule has 0 unspecified atom stereocenters. The second-order valence-corrected chi connectivity index (χ2v) is 4.16. The Morgan fingerprint density at radius 1 is 1.21 bits per heavy atom. The molecule has 1 aliphatic rings. The van der Waals surface area contributed by atoms with Crippen molar-refractivity contribution in [1.82, 2.24) is 0 Å². The van der Waals surface area contributed by atoms with Gasteiger partial charge in [-0.05, 0) is 13.3 Å². The van der Waals surface area contributed by atoms with Gasteiger partial charge >= 0.3 is 5.97 Å². The molecule has 3 nitrogen and oxygen atoms in total. The molecule has 1 aromatic carbocycles. The maximum Gasteiger partial charge on any atom is 0.312 e. The van der Waals surface area contributed by atoms with E-state index in [2.05, 4.69) is 4.74 Å². The number of aliphatic hydroxyl groups is 1. The number of aliphatic hydroxyl groups excluding tert-OH is 1. The molecule has 0 spiro atoms. The third-order valence-corrected chi connectivity index (χ3v) is 3.09. The highest BCUT2D eigenvalue weighted by atomic mass is 19.2. The molecule has 0 radical (unpaired) electrons. The first kappa shape index (κ1) is 13.8. The largest absolute Gasteiger partial charge is 0.466 e. The van der Waals surface area contributed by atoms with Crippen LogP contribution in [-0.2, 0) is 16.0 Å². The van der Waals surface area contributed by atoms with E-state index in [4.69, 9.17) is 0 Å². The SMILES string of the molecule is CCOC(=O)[C@H]1Cc2c(F)c(F)c(F)c(F)c2[C@H]1O. The van der Waals surface area contributed by atoms with Gasteiger partial charge in [-0.25, -0.2) is 17.6 Å². The lowest BCUT2D eigenvalue weighted by Gasteiger charge is -2.13. The highest BCUT2D eigenvalue weighted by Gasteiger charge is 2.43. The molecule has 0 aromatic heterocycles. The Morgan fingerprint density at radius 2 is 1.79 bits per heavy atom. The Bertz CT molecular complexity index is 545. The predicted molar refractivity (Wildman–Crippen MR) is 55.1 cm³/mol. The second-order valence-electron chi connectivity index (χ2n) is 4.16. The van der Waals surface area contributed by atoms with Gasteiger partial charge in [0.05, 0.1) is 18.6 Å². The number of halogens is 4. The maximum atomic E-state index is 13.5. The molecule has 0 aliphatic heterocycles. The van der Waals surface area contributed by atoms with Gasteiger partial charge in [0.1, 0.15) is 0 Å². The standard InChI is InChI=1S/C12H10F4O3/c1-2-19-12(18)5-3-4-6(11(5)17)8(14)10(16)9(15)7(4)13/h5,11,17H,2-3H2,1H3/t5-,11-/m0/s1. The number of carbonyl (C=O) groups excluding carboxylic acids is 1. The Labute approximate surface area is 105 Å². The van der Waals surface area contributed by atoms with E-state index in [0.29, 0.717) is 0 Å². The Balaban J connectivity index is 2.49. The predicted octanol–water partition coefficient (Wildman–Crippen LogP) is 2.01. The minimum Gasteiger partial charge on any atom is -0.466 e. The average Bonchev–Trinajstić information content (AvgIpc) is 2.72. The zero-order valence-corrected chi connectivity index (χ0v) is 9.84. The van der Waals surface area contributed by atoms with E-state index < -0.39 is 58.8 Å². The summed E-state index contributed by atoms with van der Waals surface area (Å²) in [7, 11) is 0. The molecule has 2 rings (SSSR count). The number of hydrogen-bond acceptors (Lipinski definition) is 3. The Hall–Kier alpha value is -1.63. The van der Waals surface area contributed by atoms with Crippen molar-refractivity contribution >= 4 is 5.97 Å². The van der Waals surface area contributed by atoms with Crippen LogP contribution in [0.2, 0.25) is 0 Å². The van der Waals surface area contributed by atoms with Crippen molar-refractivity contribution in [1.29, 1.82) is 0 Å². The van der Waals surface area contributed by atoms with Crippen molar-refractivity contribution in [3.63, 3.8) is 0 Å². The molecular formula is C12H10F4O3. The number of carbonyl (C=O) groups is 1. The quantitative estimate of drug-likeness (QED) is 0.389. The summed E-state index contributed by atoms with van der Waals surface area (Å²) < 4.78 is 57.8. The molecule has 0 saturated carbocycles. The van der Waals surface area contributed by atoms with E-state index in [1.165, 1.54) is 6.92 Å². The van der Waals surface area contributed by atoms with Gasteiger partial charge in [0.2, 0.25) is 0 Å². The van der Waals surface area contributed by atoms with Crippen molar-refractivity contribution in [2.45, 2.75) is 19.4 Å². The van der Waals surface area contributed by atoms with E-state index in [0.717, 1.165) is 0 Å². The van der Waals surface area contributed by atoms with Gasteiger partial charge in [-0.15, -0.1) is 0 Å². The highest BCUT2D eigenvalue weighted by Crippen LogP contribution is 2.41. The lowest BCUT2D eigenvalue weighted by Crippen LogP contribution is -2.22. The molecule has 1 aromatic rings. The van der Waals surface area contributed by atoms with Crippen molar-refractivity contribution in [2.75, 3.05) is 6.61 Å². The fourth-order valence-corrected chi connectivity index (χ4v) is 2.20. The van der Waals surface area contributed by atoms with Gasteiger partial charge in [-0.1, -0.05) is 0 Å². The van der Waals surface area contributed by atoms with E-state index >= 15 is 0 Å². The zero-order valence-electron chi connectivity index (χ0n) is 9.84. The number of fused-ring (bicyclic) bond motifs is 1. The first-order chi connectivity index (χ1) is 8.90. The van der Waals surface area contributed by atoms with Crippen LogP contribution in [-0.4, -0.2) is 17.7 Å². The lowest BCUT2D eigenvalue weighted by atomic mass is 10.0. The zero-order chi connectivity index (χ0) is 14.3. The molecular weight excluding hydrogens is 268 g/mol. The summed E-state index contributed by atoms with van der Waals surface area (Å²) in [6, 6.07) is 0. The van der Waals surface area contributed by atoms with Crippen LogP contribution in [0.25, 0.3) is 0 Å². The molecule has 7 heteroatoms. The Morgan fingerprint density at radius 3 is 2.37 bits per heavy atom. The van der Waals surface area contributed by atoms with Gasteiger partial charge in [0, 0.05) is 11.1 Å². The van der Waals surface area contributed by atoms with E-state index in [9.17, 15) is 27.5 Å². The van der Waals surface area contributed by atoms with Crippen LogP contribution in [0.1, 0.15) is 24.2 Å².